The number of benzene rings is 2. The summed E-state index contributed by atoms with van der Waals surface area (Å²) in [4.78, 5) is 27.7. The molecule has 2 aromatic rings. The Kier molecular flexibility index (Phi) is 7.49. The Morgan fingerprint density at radius 3 is 2.42 bits per heavy atom. The summed E-state index contributed by atoms with van der Waals surface area (Å²) in [6.45, 7) is 8.34. The average Bonchev–Trinajstić information content (AvgIpc) is 2.73. The first-order chi connectivity index (χ1) is 15.4. The third-order valence-electron chi connectivity index (χ3n) is 6.59. The third-order valence-corrected chi connectivity index (χ3v) is 6.84. The van der Waals surface area contributed by atoms with Crippen LogP contribution in [0.25, 0.3) is 0 Å². The number of halogens is 2. The zero-order valence-corrected chi connectivity index (χ0v) is 20.3. The molecule has 5 nitrogen and oxygen atoms in total. The molecule has 1 fully saturated rings. The van der Waals surface area contributed by atoms with Gasteiger partial charge in [0.2, 0.25) is 11.8 Å². The van der Waals surface area contributed by atoms with E-state index in [4.69, 9.17) is 11.6 Å². The van der Waals surface area contributed by atoms with E-state index in [0.717, 1.165) is 5.56 Å². The van der Waals surface area contributed by atoms with E-state index >= 15 is 0 Å². The van der Waals surface area contributed by atoms with E-state index < -0.39 is 22.9 Å². The number of rotatable bonds is 6. The van der Waals surface area contributed by atoms with Crippen molar-refractivity contribution in [2.24, 2.45) is 11.3 Å². The van der Waals surface area contributed by atoms with Crippen LogP contribution in [-0.2, 0) is 21.6 Å². The summed E-state index contributed by atoms with van der Waals surface area (Å²) in [6.07, 6.45) is 0.367. The molecule has 1 aliphatic rings. The molecule has 33 heavy (non-hydrogen) atoms. The summed E-state index contributed by atoms with van der Waals surface area (Å²) < 4.78 is 13.4. The molecule has 1 aliphatic heterocycles. The first kappa shape index (κ1) is 25.2. The van der Waals surface area contributed by atoms with E-state index in [-0.39, 0.29) is 24.2 Å². The molecule has 2 N–H and O–H groups in total. The Morgan fingerprint density at radius 1 is 1.18 bits per heavy atom. The lowest BCUT2D eigenvalue weighted by atomic mass is 9.66. The topological polar surface area (TPSA) is 69.6 Å². The second-order valence-corrected chi connectivity index (χ2v) is 10.3. The first-order valence-electron chi connectivity index (χ1n) is 11.2. The first-order valence-corrected chi connectivity index (χ1v) is 11.6. The van der Waals surface area contributed by atoms with Gasteiger partial charge >= 0.3 is 0 Å². The molecule has 2 amide bonds. The largest absolute Gasteiger partial charge is 0.384 e. The molecule has 0 bridgehead atoms. The zero-order valence-electron chi connectivity index (χ0n) is 19.6. The monoisotopic (exact) mass is 474 g/mol. The molecule has 1 saturated heterocycles. The number of likely N-dealkylation sites (tertiary alicyclic amines) is 1. The predicted molar refractivity (Wildman–Crippen MR) is 127 cm³/mol. The van der Waals surface area contributed by atoms with Crippen LogP contribution in [-0.4, -0.2) is 41.0 Å². The Morgan fingerprint density at radius 2 is 1.85 bits per heavy atom. The summed E-state index contributed by atoms with van der Waals surface area (Å²) in [5.41, 5.74) is -0.410. The normalized spacial score (nSPS) is 21.0. The van der Waals surface area contributed by atoms with Gasteiger partial charge in [-0.15, -0.1) is 0 Å². The maximum absolute atomic E-state index is 13.4. The van der Waals surface area contributed by atoms with E-state index in [1.807, 2.05) is 39.8 Å². The minimum Gasteiger partial charge on any atom is -0.384 e. The molecule has 0 saturated carbocycles. The van der Waals surface area contributed by atoms with Crippen LogP contribution in [0, 0.1) is 17.2 Å². The minimum atomic E-state index is -1.11. The van der Waals surface area contributed by atoms with Gasteiger partial charge in [0.15, 0.2) is 0 Å². The number of hydrogen-bond acceptors (Lipinski definition) is 3. The second-order valence-electron chi connectivity index (χ2n) is 9.86. The van der Waals surface area contributed by atoms with Gasteiger partial charge in [-0.1, -0.05) is 63.6 Å². The zero-order chi connectivity index (χ0) is 24.4. The van der Waals surface area contributed by atoms with E-state index in [2.05, 4.69) is 5.32 Å². The Labute approximate surface area is 199 Å². The molecule has 3 rings (SSSR count). The van der Waals surface area contributed by atoms with Gasteiger partial charge < -0.3 is 15.3 Å². The van der Waals surface area contributed by atoms with Crippen LogP contribution in [0.5, 0.6) is 0 Å². The summed E-state index contributed by atoms with van der Waals surface area (Å²) in [5, 5.41) is 15.0. The van der Waals surface area contributed by atoms with Crippen LogP contribution < -0.4 is 5.32 Å². The number of nitrogens with zero attached hydrogens (tertiary/aromatic N) is 1. The van der Waals surface area contributed by atoms with Crippen molar-refractivity contribution in [1.29, 1.82) is 0 Å². The maximum Gasteiger partial charge on any atom is 0.245 e. The smallest absolute Gasteiger partial charge is 0.245 e. The summed E-state index contributed by atoms with van der Waals surface area (Å²) in [7, 11) is 0. The lowest BCUT2D eigenvalue weighted by molar-refractivity contribution is -0.156. The van der Waals surface area contributed by atoms with E-state index in [1.165, 1.54) is 12.1 Å². The number of carbonyl (C=O) groups excluding carboxylic acids is 2. The lowest BCUT2D eigenvalue weighted by Crippen LogP contribution is -2.60. The minimum absolute atomic E-state index is 0.00390. The van der Waals surface area contributed by atoms with Crippen LogP contribution in [0.3, 0.4) is 0 Å². The number of nitrogens with one attached hydrogen (secondary N) is 1. The van der Waals surface area contributed by atoms with Crippen LogP contribution in [0.2, 0.25) is 5.02 Å². The van der Waals surface area contributed by atoms with E-state index in [1.54, 1.807) is 29.2 Å². The van der Waals surface area contributed by atoms with Gasteiger partial charge in [0.05, 0.1) is 12.0 Å². The molecule has 7 heteroatoms. The highest BCUT2D eigenvalue weighted by molar-refractivity contribution is 6.30. The molecule has 0 aliphatic carbocycles. The highest BCUT2D eigenvalue weighted by Crippen LogP contribution is 2.46. The van der Waals surface area contributed by atoms with Crippen molar-refractivity contribution >= 4 is 23.4 Å². The van der Waals surface area contributed by atoms with Gasteiger partial charge in [-0.3, -0.25) is 9.59 Å². The Bertz CT molecular complexity index is 1010. The van der Waals surface area contributed by atoms with Gasteiger partial charge in [0.25, 0.3) is 0 Å². The van der Waals surface area contributed by atoms with Crippen LogP contribution >= 0.6 is 11.6 Å². The summed E-state index contributed by atoms with van der Waals surface area (Å²) >= 11 is 6.01. The van der Waals surface area contributed by atoms with Crippen LogP contribution in [0.15, 0.2) is 48.5 Å². The molecule has 0 unspecified atom stereocenters. The van der Waals surface area contributed by atoms with Crippen molar-refractivity contribution in [1.82, 2.24) is 10.2 Å². The number of piperidine rings is 1. The molecule has 0 aromatic heterocycles. The number of carbonyl (C=O) groups is 2. The van der Waals surface area contributed by atoms with Gasteiger partial charge in [0, 0.05) is 23.5 Å². The standard InChI is InChI=1S/C26H32ClFN2O3/c1-17(2)23(29-22(31)15-18-6-5-7-21(28)14-18)24(32)30-13-12-26(33,25(3,4)16-30)19-8-10-20(27)11-9-19/h5-11,14,17,23,33H,12-13,15-16H2,1-4H3,(H,29,31)/t23-,26+/m1/s1. The lowest BCUT2D eigenvalue weighted by Gasteiger charge is -2.51. The molecule has 1 heterocycles. The second kappa shape index (κ2) is 9.82. The molecule has 2 aromatic carbocycles. The van der Waals surface area contributed by atoms with Crippen molar-refractivity contribution in [3.05, 3.63) is 70.5 Å². The fraction of sp³-hybridized carbons (Fsp3) is 0.462. The fourth-order valence-corrected chi connectivity index (χ4v) is 4.66. The molecule has 178 valence electrons. The molecular formula is C26H32ClFN2O3. The average molecular weight is 475 g/mol. The number of amides is 2. The predicted octanol–water partition coefficient (Wildman–Crippen LogP) is 4.31. The summed E-state index contributed by atoms with van der Waals surface area (Å²) in [5.74, 6) is -1.04. The van der Waals surface area contributed by atoms with Crippen molar-refractivity contribution in [2.45, 2.75) is 52.2 Å². The Hall–Kier alpha value is -2.44. The number of hydrogen-bond donors (Lipinski definition) is 2. The fourth-order valence-electron chi connectivity index (χ4n) is 4.54. The van der Waals surface area contributed by atoms with Crippen LogP contribution in [0.4, 0.5) is 4.39 Å². The van der Waals surface area contributed by atoms with Crippen molar-refractivity contribution in [3.8, 4) is 0 Å². The van der Waals surface area contributed by atoms with Crippen LogP contribution in [0.1, 0.15) is 45.2 Å². The highest BCUT2D eigenvalue weighted by Gasteiger charge is 2.50. The van der Waals surface area contributed by atoms with E-state index in [0.29, 0.717) is 30.1 Å². The van der Waals surface area contributed by atoms with Gasteiger partial charge in [-0.2, -0.15) is 0 Å². The molecular weight excluding hydrogens is 443 g/mol. The number of aliphatic hydroxyl groups is 1. The van der Waals surface area contributed by atoms with Gasteiger partial charge in [0.1, 0.15) is 11.9 Å². The third kappa shape index (κ3) is 5.56. The van der Waals surface area contributed by atoms with Gasteiger partial charge in [-0.25, -0.2) is 4.39 Å². The van der Waals surface area contributed by atoms with Crippen molar-refractivity contribution in [2.75, 3.05) is 13.1 Å². The quantitative estimate of drug-likeness (QED) is 0.655. The maximum atomic E-state index is 13.4. The molecule has 0 spiro atoms. The van der Waals surface area contributed by atoms with Gasteiger partial charge in [-0.05, 0) is 47.7 Å². The summed E-state index contributed by atoms with van der Waals surface area (Å²) in [6, 6.07) is 12.3. The SMILES string of the molecule is CC(C)[C@@H](NC(=O)Cc1cccc(F)c1)C(=O)N1CC[C@](O)(c2ccc(Cl)cc2)C(C)(C)C1. The Balaban J connectivity index is 1.71. The highest BCUT2D eigenvalue weighted by atomic mass is 35.5. The molecule has 2 atom stereocenters. The van der Waals surface area contributed by atoms with Crippen molar-refractivity contribution < 1.29 is 19.1 Å². The van der Waals surface area contributed by atoms with E-state index in [9.17, 15) is 19.1 Å². The molecule has 0 radical (unpaired) electrons. The van der Waals surface area contributed by atoms with Crippen molar-refractivity contribution in [3.63, 3.8) is 0 Å².